The predicted molar refractivity (Wildman–Crippen MR) is 141 cm³/mol. The fourth-order valence-corrected chi connectivity index (χ4v) is 4.74. The van der Waals surface area contributed by atoms with Crippen molar-refractivity contribution < 1.29 is 4.42 Å². The number of benzene rings is 3. The second-order valence-corrected chi connectivity index (χ2v) is 10.1. The Morgan fingerprint density at radius 2 is 1.62 bits per heavy atom. The molecule has 6 rings (SSSR count). The van der Waals surface area contributed by atoms with Crippen LogP contribution in [0, 0.1) is 6.92 Å². The number of hydrogen-bond acceptors (Lipinski definition) is 3. The van der Waals surface area contributed by atoms with Crippen molar-refractivity contribution in [3.05, 3.63) is 96.5 Å². The standard InChI is InChI=1S/C31H26N2O/c1-19-14-27-26(16-21-12-13-34-30(21)29(27)33-17-19)28-11-8-22(18-32-28)24-7-5-6-20-15-23(31(2,3)4)9-10-25(20)24/h5-18H,1-4H3. The van der Waals surface area contributed by atoms with Crippen LogP contribution >= 0.6 is 0 Å². The van der Waals surface area contributed by atoms with Gasteiger partial charge in [0.05, 0.1) is 12.0 Å². The Morgan fingerprint density at radius 3 is 2.41 bits per heavy atom. The Morgan fingerprint density at radius 1 is 0.735 bits per heavy atom. The normalized spacial score (nSPS) is 12.1. The van der Waals surface area contributed by atoms with Gasteiger partial charge in [-0.2, -0.15) is 0 Å². The Kier molecular flexibility index (Phi) is 4.56. The predicted octanol–water partition coefficient (Wildman–Crippen LogP) is 8.47. The lowest BCUT2D eigenvalue weighted by Gasteiger charge is -2.20. The van der Waals surface area contributed by atoms with E-state index in [0.717, 1.165) is 44.3 Å². The van der Waals surface area contributed by atoms with Crippen molar-refractivity contribution in [2.75, 3.05) is 0 Å². The van der Waals surface area contributed by atoms with Gasteiger partial charge in [-0.25, -0.2) is 0 Å². The van der Waals surface area contributed by atoms with Gasteiger partial charge in [-0.3, -0.25) is 9.97 Å². The van der Waals surface area contributed by atoms with Crippen molar-refractivity contribution in [2.24, 2.45) is 0 Å². The van der Waals surface area contributed by atoms with E-state index in [4.69, 9.17) is 9.40 Å². The zero-order valence-corrected chi connectivity index (χ0v) is 19.9. The van der Waals surface area contributed by atoms with Crippen LogP contribution in [0.25, 0.3) is 55.0 Å². The summed E-state index contributed by atoms with van der Waals surface area (Å²) in [5, 5.41) is 4.60. The van der Waals surface area contributed by atoms with Gasteiger partial charge >= 0.3 is 0 Å². The largest absolute Gasteiger partial charge is 0.462 e. The van der Waals surface area contributed by atoms with Crippen molar-refractivity contribution in [1.29, 1.82) is 0 Å². The molecule has 3 heteroatoms. The summed E-state index contributed by atoms with van der Waals surface area (Å²) in [4.78, 5) is 9.57. The van der Waals surface area contributed by atoms with E-state index in [1.54, 1.807) is 6.26 Å². The summed E-state index contributed by atoms with van der Waals surface area (Å²) in [6.07, 6.45) is 5.59. The van der Waals surface area contributed by atoms with Gasteiger partial charge in [-0.15, -0.1) is 0 Å². The summed E-state index contributed by atoms with van der Waals surface area (Å²) >= 11 is 0. The van der Waals surface area contributed by atoms with Crippen molar-refractivity contribution in [3.8, 4) is 22.4 Å². The average Bonchev–Trinajstić information content (AvgIpc) is 3.31. The van der Waals surface area contributed by atoms with Crippen LogP contribution in [-0.4, -0.2) is 9.97 Å². The van der Waals surface area contributed by atoms with Crippen molar-refractivity contribution in [2.45, 2.75) is 33.1 Å². The molecule has 3 aromatic carbocycles. The molecule has 0 amide bonds. The molecule has 0 unspecified atom stereocenters. The molecule has 3 nitrogen and oxygen atoms in total. The number of aromatic nitrogens is 2. The minimum absolute atomic E-state index is 0.124. The molecule has 0 aliphatic heterocycles. The second kappa shape index (κ2) is 7.53. The van der Waals surface area contributed by atoms with E-state index in [0.29, 0.717) is 0 Å². The van der Waals surface area contributed by atoms with Crippen LogP contribution in [0.2, 0.25) is 0 Å². The average molecular weight is 443 g/mol. The number of nitrogens with zero attached hydrogens (tertiary/aromatic N) is 2. The molecule has 3 aromatic heterocycles. The molecular weight excluding hydrogens is 416 g/mol. The molecule has 0 bridgehead atoms. The molecule has 0 aliphatic carbocycles. The van der Waals surface area contributed by atoms with Gasteiger partial charge in [0.15, 0.2) is 5.58 Å². The van der Waals surface area contributed by atoms with E-state index in [9.17, 15) is 0 Å². The molecule has 0 radical (unpaired) electrons. The number of rotatable bonds is 2. The van der Waals surface area contributed by atoms with E-state index in [1.165, 1.54) is 21.9 Å². The smallest absolute Gasteiger partial charge is 0.160 e. The summed E-state index contributed by atoms with van der Waals surface area (Å²) in [6, 6.07) is 23.9. The van der Waals surface area contributed by atoms with Crippen LogP contribution in [0.5, 0.6) is 0 Å². The number of hydrogen-bond donors (Lipinski definition) is 0. The third-order valence-electron chi connectivity index (χ3n) is 6.62. The van der Waals surface area contributed by atoms with Gasteiger partial charge in [0.25, 0.3) is 0 Å². The first-order valence-corrected chi connectivity index (χ1v) is 11.7. The molecule has 0 fully saturated rings. The molecule has 34 heavy (non-hydrogen) atoms. The lowest BCUT2D eigenvalue weighted by Crippen LogP contribution is -2.10. The van der Waals surface area contributed by atoms with Crippen molar-refractivity contribution in [1.82, 2.24) is 9.97 Å². The van der Waals surface area contributed by atoms with E-state index >= 15 is 0 Å². The molecule has 0 aliphatic rings. The number of furan rings is 1. The first-order valence-electron chi connectivity index (χ1n) is 11.7. The van der Waals surface area contributed by atoms with Crippen LogP contribution in [0.15, 0.2) is 89.8 Å². The summed E-state index contributed by atoms with van der Waals surface area (Å²) in [7, 11) is 0. The third kappa shape index (κ3) is 3.36. The quantitative estimate of drug-likeness (QED) is 0.270. The van der Waals surface area contributed by atoms with Crippen LogP contribution in [0.3, 0.4) is 0 Å². The maximum atomic E-state index is 5.73. The van der Waals surface area contributed by atoms with Crippen LogP contribution in [0.1, 0.15) is 31.9 Å². The topological polar surface area (TPSA) is 38.9 Å². The third-order valence-corrected chi connectivity index (χ3v) is 6.62. The van der Waals surface area contributed by atoms with Crippen LogP contribution < -0.4 is 0 Å². The minimum atomic E-state index is 0.124. The van der Waals surface area contributed by atoms with Gasteiger partial charge in [0, 0.05) is 34.3 Å². The summed E-state index contributed by atoms with van der Waals surface area (Å²) in [6.45, 7) is 8.82. The SMILES string of the molecule is Cc1cnc2c(c1)c(-c1ccc(-c3cccc4cc(C(C)(C)C)ccc34)cn1)cc1ccoc12. The fraction of sp³-hybridized carbons (Fsp3) is 0.161. The molecule has 0 saturated carbocycles. The highest BCUT2D eigenvalue weighted by atomic mass is 16.3. The summed E-state index contributed by atoms with van der Waals surface area (Å²) in [5.41, 5.74) is 8.58. The van der Waals surface area contributed by atoms with E-state index in [1.807, 2.05) is 18.5 Å². The lowest BCUT2D eigenvalue weighted by atomic mass is 9.85. The van der Waals surface area contributed by atoms with Crippen LogP contribution in [0.4, 0.5) is 0 Å². The van der Waals surface area contributed by atoms with Gasteiger partial charge in [-0.05, 0) is 64.1 Å². The number of pyridine rings is 2. The van der Waals surface area contributed by atoms with Gasteiger partial charge in [0.1, 0.15) is 5.52 Å². The molecule has 0 N–H and O–H groups in total. The Labute approximate surface area is 199 Å². The van der Waals surface area contributed by atoms with E-state index < -0.39 is 0 Å². The molecule has 0 atom stereocenters. The minimum Gasteiger partial charge on any atom is -0.462 e. The second-order valence-electron chi connectivity index (χ2n) is 10.1. The molecule has 3 heterocycles. The van der Waals surface area contributed by atoms with Crippen LogP contribution in [-0.2, 0) is 5.41 Å². The van der Waals surface area contributed by atoms with Gasteiger partial charge in [0.2, 0.25) is 0 Å². The van der Waals surface area contributed by atoms with Crippen molar-refractivity contribution >= 4 is 32.6 Å². The summed E-state index contributed by atoms with van der Waals surface area (Å²) in [5.74, 6) is 0. The first-order chi connectivity index (χ1) is 16.4. The maximum absolute atomic E-state index is 5.73. The first kappa shape index (κ1) is 20.6. The molecule has 0 spiro atoms. The molecule has 6 aromatic rings. The number of aryl methyl sites for hydroxylation is 1. The highest BCUT2D eigenvalue weighted by molar-refractivity contribution is 6.09. The zero-order chi connectivity index (χ0) is 23.4. The monoisotopic (exact) mass is 442 g/mol. The molecular formula is C31H26N2O. The highest BCUT2D eigenvalue weighted by Crippen LogP contribution is 2.36. The Balaban J connectivity index is 1.47. The van der Waals surface area contributed by atoms with Gasteiger partial charge in [-0.1, -0.05) is 63.2 Å². The molecule has 166 valence electrons. The van der Waals surface area contributed by atoms with E-state index in [2.05, 4.69) is 93.3 Å². The zero-order valence-electron chi connectivity index (χ0n) is 19.9. The van der Waals surface area contributed by atoms with Gasteiger partial charge < -0.3 is 4.42 Å². The maximum Gasteiger partial charge on any atom is 0.160 e. The molecule has 0 saturated heterocycles. The van der Waals surface area contributed by atoms with Crippen molar-refractivity contribution in [3.63, 3.8) is 0 Å². The van der Waals surface area contributed by atoms with E-state index in [-0.39, 0.29) is 5.41 Å². The summed E-state index contributed by atoms with van der Waals surface area (Å²) < 4.78 is 5.73. The lowest BCUT2D eigenvalue weighted by molar-refractivity contribution is 0.591. The highest BCUT2D eigenvalue weighted by Gasteiger charge is 2.16. The number of fused-ring (bicyclic) bond motifs is 4. The Bertz CT molecular complexity index is 1690. The fourth-order valence-electron chi connectivity index (χ4n) is 4.74. The Hall–Kier alpha value is -3.98.